The number of allylic oxidation sites excluding steroid dienone is 1. The highest BCUT2D eigenvalue weighted by Gasteiger charge is 2.30. The molecule has 0 radical (unpaired) electrons. The summed E-state index contributed by atoms with van der Waals surface area (Å²) in [5, 5.41) is 12.5. The minimum Gasteiger partial charge on any atom is -0.458 e. The lowest BCUT2D eigenvalue weighted by Crippen LogP contribution is -2.27. The first-order chi connectivity index (χ1) is 15.2. The van der Waals surface area contributed by atoms with Gasteiger partial charge in [-0.1, -0.05) is 55.1 Å². The number of rotatable bonds is 8. The summed E-state index contributed by atoms with van der Waals surface area (Å²) in [4.78, 5) is 12.5. The Hall–Kier alpha value is -2.93. The van der Waals surface area contributed by atoms with E-state index in [2.05, 4.69) is 24.1 Å². The monoisotopic (exact) mass is 436 g/mol. The summed E-state index contributed by atoms with van der Waals surface area (Å²) in [5.74, 6) is -0.392. The van der Waals surface area contributed by atoms with Crippen LogP contribution in [0.5, 0.6) is 0 Å². The summed E-state index contributed by atoms with van der Waals surface area (Å²) in [6.45, 7) is 4.04. The van der Waals surface area contributed by atoms with E-state index in [1.807, 2.05) is 42.5 Å². The Balaban J connectivity index is 1.54. The summed E-state index contributed by atoms with van der Waals surface area (Å²) in [6, 6.07) is 15.8. The van der Waals surface area contributed by atoms with E-state index < -0.39 is 12.3 Å². The maximum Gasteiger partial charge on any atom is 0.373 e. The van der Waals surface area contributed by atoms with E-state index >= 15 is 0 Å². The highest BCUT2D eigenvalue weighted by atomic mass is 32.1. The van der Waals surface area contributed by atoms with Gasteiger partial charge in [0.1, 0.15) is 6.61 Å². The molecule has 0 fully saturated rings. The molecule has 1 aromatic heterocycles. The smallest absolute Gasteiger partial charge is 0.373 e. The van der Waals surface area contributed by atoms with E-state index in [9.17, 15) is 9.90 Å². The fraction of sp³-hybridized carbons (Fsp3) is 0.240. The first-order valence-electron chi connectivity index (χ1n) is 10.1. The summed E-state index contributed by atoms with van der Waals surface area (Å²) in [6.07, 6.45) is 3.36. The number of benzene rings is 2. The zero-order chi connectivity index (χ0) is 21.6. The summed E-state index contributed by atoms with van der Waals surface area (Å²) < 4.78 is 18.3. The molecule has 0 saturated carbocycles. The summed E-state index contributed by atoms with van der Waals surface area (Å²) in [5.41, 5.74) is 2.96. The minimum absolute atomic E-state index is 0.00409. The molecule has 1 aliphatic heterocycles. The van der Waals surface area contributed by atoms with Crippen LogP contribution in [0, 0.1) is 0 Å². The van der Waals surface area contributed by atoms with E-state index in [0.717, 1.165) is 16.7 Å². The van der Waals surface area contributed by atoms with E-state index in [1.165, 1.54) is 16.2 Å². The second-order valence-electron chi connectivity index (χ2n) is 7.28. The maximum atomic E-state index is 12.5. The standard InChI is InChI=1S/C25H24O5S/c1-2-11-28-25(27)22-12-19(21-16-31-23-6-4-3-5-20(21)23)13-24(30-22)29-15-18-9-7-17(14-26)8-10-18/h2-10,12,16,19,24,26H,1,11,13-15H2/t19-,24+/m0/s1. The Morgan fingerprint density at radius 1 is 1.19 bits per heavy atom. The molecule has 2 heterocycles. The molecule has 0 saturated heterocycles. The molecule has 2 aromatic carbocycles. The molecule has 5 nitrogen and oxygen atoms in total. The summed E-state index contributed by atoms with van der Waals surface area (Å²) >= 11 is 1.69. The zero-order valence-corrected chi connectivity index (χ0v) is 17.8. The molecule has 0 spiro atoms. The maximum absolute atomic E-state index is 12.5. The second-order valence-corrected chi connectivity index (χ2v) is 8.19. The van der Waals surface area contributed by atoms with Crippen molar-refractivity contribution in [2.24, 2.45) is 0 Å². The number of aliphatic hydroxyl groups excluding tert-OH is 1. The lowest BCUT2D eigenvalue weighted by Gasteiger charge is -2.28. The average molecular weight is 437 g/mol. The van der Waals surface area contributed by atoms with Gasteiger partial charge in [-0.2, -0.15) is 0 Å². The van der Waals surface area contributed by atoms with Crippen molar-refractivity contribution in [3.63, 3.8) is 0 Å². The molecule has 160 valence electrons. The van der Waals surface area contributed by atoms with Crippen LogP contribution in [-0.4, -0.2) is 24.0 Å². The average Bonchev–Trinajstić information content (AvgIpc) is 3.25. The molecule has 2 atom stereocenters. The molecule has 3 aromatic rings. The van der Waals surface area contributed by atoms with E-state index in [0.29, 0.717) is 13.0 Å². The van der Waals surface area contributed by atoms with Gasteiger partial charge in [0, 0.05) is 17.0 Å². The second kappa shape index (κ2) is 9.92. The molecule has 6 heteroatoms. The van der Waals surface area contributed by atoms with Crippen LogP contribution in [0.15, 0.2) is 78.4 Å². The third kappa shape index (κ3) is 5.05. The van der Waals surface area contributed by atoms with Crippen molar-refractivity contribution >= 4 is 27.4 Å². The zero-order valence-electron chi connectivity index (χ0n) is 17.0. The highest BCUT2D eigenvalue weighted by Crippen LogP contribution is 2.38. The van der Waals surface area contributed by atoms with Crippen LogP contribution < -0.4 is 0 Å². The van der Waals surface area contributed by atoms with Crippen molar-refractivity contribution in [2.45, 2.75) is 31.8 Å². The number of carbonyl (C=O) groups excluding carboxylic acids is 1. The lowest BCUT2D eigenvalue weighted by molar-refractivity contribution is -0.163. The number of aliphatic hydroxyl groups is 1. The fourth-order valence-corrected chi connectivity index (χ4v) is 4.57. The number of fused-ring (bicyclic) bond motifs is 1. The number of hydrogen-bond acceptors (Lipinski definition) is 6. The first-order valence-corrected chi connectivity index (χ1v) is 11.0. The van der Waals surface area contributed by atoms with Crippen molar-refractivity contribution in [3.8, 4) is 0 Å². The third-order valence-corrected chi connectivity index (χ3v) is 6.12. The van der Waals surface area contributed by atoms with Gasteiger partial charge in [0.15, 0.2) is 0 Å². The van der Waals surface area contributed by atoms with E-state index in [1.54, 1.807) is 11.3 Å². The van der Waals surface area contributed by atoms with Gasteiger partial charge >= 0.3 is 5.97 Å². The van der Waals surface area contributed by atoms with Gasteiger partial charge in [-0.15, -0.1) is 11.3 Å². The van der Waals surface area contributed by atoms with Crippen LogP contribution >= 0.6 is 11.3 Å². The molecule has 1 aliphatic rings. The minimum atomic E-state index is -0.586. The molecule has 1 N–H and O–H groups in total. The predicted molar refractivity (Wildman–Crippen MR) is 120 cm³/mol. The summed E-state index contributed by atoms with van der Waals surface area (Å²) in [7, 11) is 0. The highest BCUT2D eigenvalue weighted by molar-refractivity contribution is 7.17. The molecular formula is C25H24O5S. The molecular weight excluding hydrogens is 412 g/mol. The molecule has 31 heavy (non-hydrogen) atoms. The van der Waals surface area contributed by atoms with Gasteiger partial charge in [0.25, 0.3) is 0 Å². The van der Waals surface area contributed by atoms with Crippen LogP contribution in [0.4, 0.5) is 0 Å². The first kappa shape index (κ1) is 21.3. The van der Waals surface area contributed by atoms with E-state index in [4.69, 9.17) is 14.2 Å². The number of carbonyl (C=O) groups is 1. The number of esters is 1. The number of hydrogen-bond donors (Lipinski definition) is 1. The largest absolute Gasteiger partial charge is 0.458 e. The number of thiophene rings is 1. The van der Waals surface area contributed by atoms with Crippen molar-refractivity contribution in [1.29, 1.82) is 0 Å². The predicted octanol–water partition coefficient (Wildman–Crippen LogP) is 5.05. The van der Waals surface area contributed by atoms with E-state index in [-0.39, 0.29) is 24.9 Å². The van der Waals surface area contributed by atoms with Gasteiger partial charge in [-0.05, 0) is 39.6 Å². The van der Waals surface area contributed by atoms with Crippen molar-refractivity contribution < 1.29 is 24.1 Å². The van der Waals surface area contributed by atoms with Crippen molar-refractivity contribution in [3.05, 3.63) is 95.1 Å². The van der Waals surface area contributed by atoms with Crippen LogP contribution in [0.1, 0.15) is 29.0 Å². The Morgan fingerprint density at radius 2 is 1.97 bits per heavy atom. The SMILES string of the molecule is C=CCOC(=O)C1=C[C@H](c2csc3ccccc23)C[C@H](OCc2ccc(CO)cc2)O1. The van der Waals surface area contributed by atoms with Gasteiger partial charge in [0.05, 0.1) is 13.2 Å². The number of ether oxygens (including phenoxy) is 3. The van der Waals surface area contributed by atoms with Crippen molar-refractivity contribution in [2.75, 3.05) is 6.61 Å². The van der Waals surface area contributed by atoms with Crippen LogP contribution in [0.3, 0.4) is 0 Å². The Labute approximate surface area is 185 Å². The quantitative estimate of drug-likeness (QED) is 0.395. The molecule has 0 bridgehead atoms. The molecule has 0 unspecified atom stereocenters. The van der Waals surface area contributed by atoms with Crippen molar-refractivity contribution in [1.82, 2.24) is 0 Å². The molecule has 0 aliphatic carbocycles. The Kier molecular flexibility index (Phi) is 6.82. The van der Waals surface area contributed by atoms with Gasteiger partial charge in [-0.3, -0.25) is 0 Å². The Bertz CT molecular complexity index is 1080. The van der Waals surface area contributed by atoms with Crippen LogP contribution in [0.25, 0.3) is 10.1 Å². The normalized spacial score (nSPS) is 18.3. The fourth-order valence-electron chi connectivity index (χ4n) is 3.54. The van der Waals surface area contributed by atoms with Gasteiger partial charge in [0.2, 0.25) is 12.0 Å². The third-order valence-electron chi connectivity index (χ3n) is 5.14. The van der Waals surface area contributed by atoms with Crippen LogP contribution in [-0.2, 0) is 32.2 Å². The Morgan fingerprint density at radius 3 is 2.74 bits per heavy atom. The van der Waals surface area contributed by atoms with Gasteiger partial charge in [-0.25, -0.2) is 4.79 Å². The van der Waals surface area contributed by atoms with Gasteiger partial charge < -0.3 is 19.3 Å². The topological polar surface area (TPSA) is 65.0 Å². The van der Waals surface area contributed by atoms with Crippen LogP contribution in [0.2, 0.25) is 0 Å². The lowest BCUT2D eigenvalue weighted by atomic mass is 9.92. The molecule has 4 rings (SSSR count). The molecule has 0 amide bonds.